The molecule has 1 amide bonds. The van der Waals surface area contributed by atoms with Gasteiger partial charge in [0.1, 0.15) is 12.1 Å². The Labute approximate surface area is 156 Å². The van der Waals surface area contributed by atoms with Gasteiger partial charge in [0.05, 0.1) is 6.04 Å². The number of rotatable bonds is 7. The SMILES string of the molecule is C[C@@H]1CCc2ncnc(NCCNC(=O)C(N)Cc3ccc(F)c(F)c3)c21. The lowest BCUT2D eigenvalue weighted by molar-refractivity contribution is -0.122. The molecule has 0 fully saturated rings. The second-order valence-electron chi connectivity index (χ2n) is 6.80. The minimum absolute atomic E-state index is 0.132. The first-order valence-electron chi connectivity index (χ1n) is 9.00. The Hall–Kier alpha value is -2.61. The van der Waals surface area contributed by atoms with E-state index in [4.69, 9.17) is 5.73 Å². The number of amides is 1. The molecule has 0 saturated heterocycles. The Kier molecular flexibility index (Phi) is 5.95. The number of halogens is 2. The number of hydrogen-bond donors (Lipinski definition) is 3. The number of fused-ring (bicyclic) bond motifs is 1. The topological polar surface area (TPSA) is 92.9 Å². The first kappa shape index (κ1) is 19.2. The van der Waals surface area contributed by atoms with Crippen molar-refractivity contribution < 1.29 is 13.6 Å². The van der Waals surface area contributed by atoms with Crippen LogP contribution in [0.1, 0.15) is 36.1 Å². The summed E-state index contributed by atoms with van der Waals surface area (Å²) in [5.74, 6) is -0.986. The highest BCUT2D eigenvalue weighted by atomic mass is 19.2. The van der Waals surface area contributed by atoms with E-state index >= 15 is 0 Å². The zero-order valence-corrected chi connectivity index (χ0v) is 15.1. The van der Waals surface area contributed by atoms with Gasteiger partial charge in [-0.2, -0.15) is 0 Å². The summed E-state index contributed by atoms with van der Waals surface area (Å²) in [5, 5.41) is 5.98. The van der Waals surface area contributed by atoms with Crippen LogP contribution in [0.25, 0.3) is 0 Å². The Balaban J connectivity index is 1.46. The van der Waals surface area contributed by atoms with Gasteiger partial charge in [0, 0.05) is 24.3 Å². The van der Waals surface area contributed by atoms with Gasteiger partial charge in [-0.15, -0.1) is 0 Å². The van der Waals surface area contributed by atoms with Crippen LogP contribution in [0, 0.1) is 11.6 Å². The van der Waals surface area contributed by atoms with E-state index in [0.717, 1.165) is 42.0 Å². The largest absolute Gasteiger partial charge is 0.368 e. The normalized spacial score (nSPS) is 16.7. The fraction of sp³-hybridized carbons (Fsp3) is 0.421. The fourth-order valence-corrected chi connectivity index (χ4v) is 3.30. The van der Waals surface area contributed by atoms with Crippen molar-refractivity contribution in [2.45, 2.75) is 38.1 Å². The molecule has 4 N–H and O–H groups in total. The summed E-state index contributed by atoms with van der Waals surface area (Å²) >= 11 is 0. The Morgan fingerprint density at radius 1 is 1.30 bits per heavy atom. The number of anilines is 1. The van der Waals surface area contributed by atoms with Crippen molar-refractivity contribution in [1.29, 1.82) is 0 Å². The standard InChI is InChI=1S/C19H23F2N5O/c1-11-2-5-16-17(11)18(26-10-25-16)23-6-7-24-19(27)15(22)9-12-3-4-13(20)14(21)8-12/h3-4,8,10-11,15H,2,5-7,9,22H2,1H3,(H,24,27)(H,23,25,26)/t11-,15?/m1/s1. The average Bonchev–Trinajstić information content (AvgIpc) is 3.03. The molecule has 0 aliphatic heterocycles. The second-order valence-corrected chi connectivity index (χ2v) is 6.80. The monoisotopic (exact) mass is 375 g/mol. The van der Waals surface area contributed by atoms with Crippen LogP contribution in [0.4, 0.5) is 14.6 Å². The lowest BCUT2D eigenvalue weighted by Gasteiger charge is -2.15. The van der Waals surface area contributed by atoms with Crippen LogP contribution < -0.4 is 16.4 Å². The number of aromatic nitrogens is 2. The molecule has 1 aromatic carbocycles. The molecular weight excluding hydrogens is 352 g/mol. The third-order valence-electron chi connectivity index (χ3n) is 4.77. The molecule has 0 bridgehead atoms. The van der Waals surface area contributed by atoms with Crippen molar-refractivity contribution in [3.8, 4) is 0 Å². The van der Waals surface area contributed by atoms with Crippen LogP contribution >= 0.6 is 0 Å². The number of aryl methyl sites for hydroxylation is 1. The molecule has 1 heterocycles. The van der Waals surface area contributed by atoms with E-state index in [2.05, 4.69) is 27.5 Å². The maximum atomic E-state index is 13.2. The molecule has 2 aromatic rings. The van der Waals surface area contributed by atoms with Gasteiger partial charge in [-0.25, -0.2) is 18.7 Å². The predicted octanol–water partition coefficient (Wildman–Crippen LogP) is 1.90. The summed E-state index contributed by atoms with van der Waals surface area (Å²) in [6, 6.07) is 2.67. The van der Waals surface area contributed by atoms with Crippen molar-refractivity contribution in [2.24, 2.45) is 5.73 Å². The molecule has 0 saturated carbocycles. The number of nitrogens with two attached hydrogens (primary N) is 1. The van der Waals surface area contributed by atoms with Crippen molar-refractivity contribution in [1.82, 2.24) is 15.3 Å². The van der Waals surface area contributed by atoms with Crippen molar-refractivity contribution in [3.63, 3.8) is 0 Å². The summed E-state index contributed by atoms with van der Waals surface area (Å²) in [4.78, 5) is 20.7. The molecule has 144 valence electrons. The smallest absolute Gasteiger partial charge is 0.237 e. The average molecular weight is 375 g/mol. The fourth-order valence-electron chi connectivity index (χ4n) is 3.30. The van der Waals surface area contributed by atoms with E-state index < -0.39 is 17.7 Å². The third kappa shape index (κ3) is 4.57. The van der Waals surface area contributed by atoms with Gasteiger partial charge in [0.15, 0.2) is 11.6 Å². The number of hydrogen-bond acceptors (Lipinski definition) is 5. The molecule has 1 aromatic heterocycles. The molecule has 0 radical (unpaired) electrons. The number of carbonyl (C=O) groups is 1. The molecule has 27 heavy (non-hydrogen) atoms. The quantitative estimate of drug-likeness (QED) is 0.643. The van der Waals surface area contributed by atoms with Gasteiger partial charge in [0.25, 0.3) is 0 Å². The van der Waals surface area contributed by atoms with E-state index in [1.54, 1.807) is 6.33 Å². The van der Waals surface area contributed by atoms with E-state index in [9.17, 15) is 13.6 Å². The summed E-state index contributed by atoms with van der Waals surface area (Å²) in [7, 11) is 0. The molecule has 6 nitrogen and oxygen atoms in total. The molecular formula is C19H23F2N5O. The highest BCUT2D eigenvalue weighted by molar-refractivity contribution is 5.81. The van der Waals surface area contributed by atoms with Gasteiger partial charge < -0.3 is 16.4 Å². The molecule has 2 atom stereocenters. The minimum atomic E-state index is -0.948. The van der Waals surface area contributed by atoms with Gasteiger partial charge in [-0.1, -0.05) is 13.0 Å². The van der Waals surface area contributed by atoms with Crippen LogP contribution in [0.3, 0.4) is 0 Å². The molecule has 3 rings (SSSR count). The van der Waals surface area contributed by atoms with Gasteiger partial charge >= 0.3 is 0 Å². The molecule has 1 aliphatic rings. The van der Waals surface area contributed by atoms with E-state index in [1.165, 1.54) is 6.07 Å². The maximum Gasteiger partial charge on any atom is 0.237 e. The van der Waals surface area contributed by atoms with E-state index in [-0.39, 0.29) is 12.3 Å². The number of nitrogens with one attached hydrogen (secondary N) is 2. The number of nitrogens with zero attached hydrogens (tertiary/aromatic N) is 2. The summed E-state index contributed by atoms with van der Waals surface area (Å²) < 4.78 is 26.2. The van der Waals surface area contributed by atoms with Gasteiger partial charge in [-0.05, 0) is 42.9 Å². The molecule has 1 unspecified atom stereocenters. The van der Waals surface area contributed by atoms with E-state index in [0.29, 0.717) is 24.6 Å². The lowest BCUT2D eigenvalue weighted by Crippen LogP contribution is -2.43. The first-order chi connectivity index (χ1) is 13.0. The first-order valence-corrected chi connectivity index (χ1v) is 9.00. The molecule has 1 aliphatic carbocycles. The summed E-state index contributed by atoms with van der Waals surface area (Å²) in [6.45, 7) is 3.02. The Morgan fingerprint density at radius 3 is 2.89 bits per heavy atom. The maximum absolute atomic E-state index is 13.2. The second kappa shape index (κ2) is 8.39. The summed E-state index contributed by atoms with van der Waals surface area (Å²) in [5.41, 5.74) is 8.56. The zero-order valence-electron chi connectivity index (χ0n) is 15.1. The van der Waals surface area contributed by atoms with Gasteiger partial charge in [0.2, 0.25) is 5.91 Å². The van der Waals surface area contributed by atoms with Crippen LogP contribution in [0.5, 0.6) is 0 Å². The number of carbonyl (C=O) groups excluding carboxylic acids is 1. The Bertz CT molecular complexity index is 830. The van der Waals surface area contributed by atoms with Crippen LogP contribution in [0.15, 0.2) is 24.5 Å². The van der Waals surface area contributed by atoms with Crippen LogP contribution in [0.2, 0.25) is 0 Å². The highest BCUT2D eigenvalue weighted by Crippen LogP contribution is 2.35. The Morgan fingerprint density at radius 2 is 2.11 bits per heavy atom. The van der Waals surface area contributed by atoms with E-state index in [1.807, 2.05) is 0 Å². The van der Waals surface area contributed by atoms with Crippen LogP contribution in [-0.4, -0.2) is 35.0 Å². The van der Waals surface area contributed by atoms with Gasteiger partial charge in [-0.3, -0.25) is 4.79 Å². The zero-order chi connectivity index (χ0) is 19.4. The van der Waals surface area contributed by atoms with Crippen LogP contribution in [-0.2, 0) is 17.6 Å². The third-order valence-corrected chi connectivity index (χ3v) is 4.77. The van der Waals surface area contributed by atoms with Crippen molar-refractivity contribution in [2.75, 3.05) is 18.4 Å². The number of benzene rings is 1. The minimum Gasteiger partial charge on any atom is -0.368 e. The van der Waals surface area contributed by atoms with Crippen molar-refractivity contribution >= 4 is 11.7 Å². The predicted molar refractivity (Wildman–Crippen MR) is 98.3 cm³/mol. The highest BCUT2D eigenvalue weighted by Gasteiger charge is 2.23. The summed E-state index contributed by atoms with van der Waals surface area (Å²) in [6.07, 6.45) is 3.71. The molecule has 0 spiro atoms. The van der Waals surface area contributed by atoms with Crippen molar-refractivity contribution in [3.05, 3.63) is 53.0 Å². The lowest BCUT2D eigenvalue weighted by atomic mass is 10.1. The molecule has 8 heteroatoms.